The molecule has 0 bridgehead atoms. The molecule has 0 spiro atoms. The molecule has 2 aliphatic rings. The highest BCUT2D eigenvalue weighted by Crippen LogP contribution is 2.25. The Bertz CT molecular complexity index is 440. The summed E-state index contributed by atoms with van der Waals surface area (Å²) in [7, 11) is 1.86. The lowest BCUT2D eigenvalue weighted by atomic mass is 9.92. The van der Waals surface area contributed by atoms with E-state index < -0.39 is 0 Å². The molecule has 0 aromatic rings. The number of allylic oxidation sites excluding steroid dienone is 2. The molecule has 0 N–H and O–H groups in total. The average molecular weight is 258 g/mol. The first kappa shape index (κ1) is 14.3. The van der Waals surface area contributed by atoms with Crippen LogP contribution in [0, 0.1) is 5.92 Å². The minimum Gasteiger partial charge on any atom is -0.296 e. The van der Waals surface area contributed by atoms with Gasteiger partial charge in [-0.15, -0.1) is 0 Å². The zero-order chi connectivity index (χ0) is 13.8. The van der Waals surface area contributed by atoms with Gasteiger partial charge >= 0.3 is 0 Å². The Labute approximate surface area is 117 Å². The summed E-state index contributed by atoms with van der Waals surface area (Å²) in [5.41, 5.74) is 4.37. The highest BCUT2D eigenvalue weighted by molar-refractivity contribution is 5.80. The summed E-state index contributed by atoms with van der Waals surface area (Å²) in [5, 5.41) is 0. The van der Waals surface area contributed by atoms with Gasteiger partial charge in [-0.1, -0.05) is 30.7 Å². The minimum atomic E-state index is 0.511. The van der Waals surface area contributed by atoms with E-state index in [9.17, 15) is 0 Å². The van der Waals surface area contributed by atoms with Crippen LogP contribution in [0.3, 0.4) is 0 Å². The van der Waals surface area contributed by atoms with Gasteiger partial charge in [0.25, 0.3) is 0 Å². The fourth-order valence-corrected chi connectivity index (χ4v) is 2.81. The van der Waals surface area contributed by atoms with Gasteiger partial charge in [0.1, 0.15) is 0 Å². The van der Waals surface area contributed by atoms with Gasteiger partial charge in [-0.05, 0) is 43.8 Å². The summed E-state index contributed by atoms with van der Waals surface area (Å²) in [5.74, 6) is 0.697. The van der Waals surface area contributed by atoms with E-state index in [1.807, 2.05) is 13.3 Å². The summed E-state index contributed by atoms with van der Waals surface area (Å²) in [4.78, 5) is 6.75. The molecular weight excluding hydrogens is 232 g/mol. The maximum Gasteiger partial charge on any atom is 0.0320 e. The Kier molecular flexibility index (Phi) is 4.76. The number of hydrogen-bond donors (Lipinski definition) is 0. The zero-order valence-electron chi connectivity index (χ0n) is 12.7. The third-order valence-electron chi connectivity index (χ3n) is 4.35. The Morgan fingerprint density at radius 3 is 2.89 bits per heavy atom. The molecule has 0 amide bonds. The molecule has 19 heavy (non-hydrogen) atoms. The van der Waals surface area contributed by atoms with Crippen molar-refractivity contribution in [2.75, 3.05) is 20.1 Å². The summed E-state index contributed by atoms with van der Waals surface area (Å²) in [6.45, 7) is 9.03. The molecule has 2 nitrogen and oxygen atoms in total. The van der Waals surface area contributed by atoms with Crippen LogP contribution in [0.5, 0.6) is 0 Å². The molecule has 0 saturated heterocycles. The topological polar surface area (TPSA) is 15.6 Å². The molecule has 0 radical (unpaired) electrons. The molecule has 1 aliphatic carbocycles. The van der Waals surface area contributed by atoms with Crippen LogP contribution in [0.4, 0.5) is 0 Å². The van der Waals surface area contributed by atoms with Crippen LogP contribution in [0.15, 0.2) is 39.9 Å². The molecule has 2 heteroatoms. The molecule has 2 atom stereocenters. The van der Waals surface area contributed by atoms with Gasteiger partial charge in [-0.3, -0.25) is 9.89 Å². The normalized spacial score (nSPS) is 26.9. The monoisotopic (exact) mass is 258 g/mol. The van der Waals surface area contributed by atoms with E-state index in [-0.39, 0.29) is 0 Å². The van der Waals surface area contributed by atoms with Gasteiger partial charge in [0, 0.05) is 32.4 Å². The minimum absolute atomic E-state index is 0.511. The molecule has 0 aromatic heterocycles. The van der Waals surface area contributed by atoms with E-state index in [4.69, 9.17) is 0 Å². The van der Waals surface area contributed by atoms with Crippen molar-refractivity contribution in [1.82, 2.24) is 4.90 Å². The molecule has 0 saturated carbocycles. The van der Waals surface area contributed by atoms with E-state index in [2.05, 4.69) is 48.9 Å². The van der Waals surface area contributed by atoms with Crippen molar-refractivity contribution in [3.05, 3.63) is 34.9 Å². The van der Waals surface area contributed by atoms with Crippen molar-refractivity contribution < 1.29 is 0 Å². The lowest BCUT2D eigenvalue weighted by molar-refractivity contribution is 0.249. The SMILES string of the molecule is C/N=C\C1=C(C)CCN(C(C)C2=CCC(C)C=C2)C1. The maximum absolute atomic E-state index is 4.19. The lowest BCUT2D eigenvalue weighted by Gasteiger charge is -2.35. The number of aliphatic imine (C=N–C) groups is 1. The van der Waals surface area contributed by atoms with Gasteiger partial charge in [0.2, 0.25) is 0 Å². The first-order valence-corrected chi connectivity index (χ1v) is 7.35. The fourth-order valence-electron chi connectivity index (χ4n) is 2.81. The van der Waals surface area contributed by atoms with Crippen molar-refractivity contribution in [2.45, 2.75) is 39.7 Å². The van der Waals surface area contributed by atoms with E-state index in [1.54, 1.807) is 0 Å². The Balaban J connectivity index is 2.06. The van der Waals surface area contributed by atoms with Crippen LogP contribution >= 0.6 is 0 Å². The predicted octanol–water partition coefficient (Wildman–Crippen LogP) is 3.62. The van der Waals surface area contributed by atoms with Crippen LogP contribution in [-0.4, -0.2) is 37.3 Å². The van der Waals surface area contributed by atoms with E-state index in [1.165, 1.54) is 29.6 Å². The molecular formula is C17H26N2. The first-order chi connectivity index (χ1) is 9.11. The summed E-state index contributed by atoms with van der Waals surface area (Å²) in [6, 6.07) is 0.511. The highest BCUT2D eigenvalue weighted by Gasteiger charge is 2.22. The predicted molar refractivity (Wildman–Crippen MR) is 83.8 cm³/mol. The third-order valence-corrected chi connectivity index (χ3v) is 4.35. The van der Waals surface area contributed by atoms with Crippen molar-refractivity contribution in [3.8, 4) is 0 Å². The smallest absolute Gasteiger partial charge is 0.0320 e. The van der Waals surface area contributed by atoms with Crippen LogP contribution < -0.4 is 0 Å². The number of hydrogen-bond acceptors (Lipinski definition) is 2. The highest BCUT2D eigenvalue weighted by atomic mass is 15.2. The fraction of sp³-hybridized carbons (Fsp3) is 0.588. The van der Waals surface area contributed by atoms with Crippen LogP contribution in [-0.2, 0) is 0 Å². The molecule has 1 heterocycles. The molecule has 1 aliphatic heterocycles. The molecule has 2 rings (SSSR count). The van der Waals surface area contributed by atoms with Gasteiger partial charge < -0.3 is 0 Å². The van der Waals surface area contributed by atoms with Crippen LogP contribution in [0.1, 0.15) is 33.6 Å². The third kappa shape index (κ3) is 3.44. The Morgan fingerprint density at radius 2 is 2.26 bits per heavy atom. The second-order valence-corrected chi connectivity index (χ2v) is 5.87. The van der Waals surface area contributed by atoms with Crippen molar-refractivity contribution >= 4 is 6.21 Å². The van der Waals surface area contributed by atoms with Crippen LogP contribution in [0.2, 0.25) is 0 Å². The Hall–Kier alpha value is -1.15. The molecule has 0 fully saturated rings. The van der Waals surface area contributed by atoms with Crippen LogP contribution in [0.25, 0.3) is 0 Å². The quantitative estimate of drug-likeness (QED) is 0.706. The second kappa shape index (κ2) is 6.33. The van der Waals surface area contributed by atoms with Gasteiger partial charge in [-0.25, -0.2) is 0 Å². The average Bonchev–Trinajstić information content (AvgIpc) is 2.41. The van der Waals surface area contributed by atoms with Crippen molar-refractivity contribution in [3.63, 3.8) is 0 Å². The van der Waals surface area contributed by atoms with E-state index in [0.717, 1.165) is 13.1 Å². The van der Waals surface area contributed by atoms with Gasteiger partial charge in [0.05, 0.1) is 0 Å². The Morgan fingerprint density at radius 1 is 1.47 bits per heavy atom. The van der Waals surface area contributed by atoms with E-state index >= 15 is 0 Å². The summed E-state index contributed by atoms with van der Waals surface area (Å²) < 4.78 is 0. The summed E-state index contributed by atoms with van der Waals surface area (Å²) >= 11 is 0. The maximum atomic E-state index is 4.19. The van der Waals surface area contributed by atoms with Crippen molar-refractivity contribution in [2.24, 2.45) is 10.9 Å². The number of nitrogens with zero attached hydrogens (tertiary/aromatic N) is 2. The molecule has 2 unspecified atom stereocenters. The molecule has 0 aromatic carbocycles. The number of rotatable bonds is 3. The second-order valence-electron chi connectivity index (χ2n) is 5.87. The van der Waals surface area contributed by atoms with E-state index in [0.29, 0.717) is 12.0 Å². The first-order valence-electron chi connectivity index (χ1n) is 7.35. The lowest BCUT2D eigenvalue weighted by Crippen LogP contribution is -2.39. The van der Waals surface area contributed by atoms with Gasteiger partial charge in [0.15, 0.2) is 0 Å². The largest absolute Gasteiger partial charge is 0.296 e. The van der Waals surface area contributed by atoms with Gasteiger partial charge in [-0.2, -0.15) is 0 Å². The molecule has 104 valence electrons. The zero-order valence-corrected chi connectivity index (χ0v) is 12.7. The standard InChI is InChI=1S/C17H26N2/c1-13-5-7-16(8-6-13)15(3)19-10-9-14(2)17(12-19)11-18-4/h5,7-8,11,13,15H,6,9-10,12H2,1-4H3/b18-11-. The van der Waals surface area contributed by atoms with Crippen molar-refractivity contribution in [1.29, 1.82) is 0 Å². The summed E-state index contributed by atoms with van der Waals surface area (Å²) in [6.07, 6.45) is 11.4.